The van der Waals surface area contributed by atoms with E-state index in [0.29, 0.717) is 5.92 Å². The molecule has 1 saturated carbocycles. The molecule has 1 aliphatic rings. The van der Waals surface area contributed by atoms with Crippen LogP contribution < -0.4 is 11.1 Å². The van der Waals surface area contributed by atoms with E-state index in [1.54, 1.807) is 0 Å². The average molecular weight is 326 g/mol. The highest BCUT2D eigenvalue weighted by Gasteiger charge is 2.43. The predicted molar refractivity (Wildman–Crippen MR) is 96.1 cm³/mol. The third-order valence-corrected chi connectivity index (χ3v) is 5.20. The predicted octanol–water partition coefficient (Wildman–Crippen LogP) is 3.19. The van der Waals surface area contributed by atoms with E-state index in [9.17, 15) is 4.79 Å². The van der Waals surface area contributed by atoms with Gasteiger partial charge in [0.05, 0.1) is 17.4 Å². The van der Waals surface area contributed by atoms with Crippen molar-refractivity contribution >= 4 is 11.6 Å². The number of anilines is 1. The Bertz CT molecular complexity index is 741. The van der Waals surface area contributed by atoms with Gasteiger partial charge in [-0.1, -0.05) is 0 Å². The molecule has 1 aliphatic carbocycles. The highest BCUT2D eigenvalue weighted by molar-refractivity contribution is 5.95. The molecule has 1 heterocycles. The lowest BCUT2D eigenvalue weighted by molar-refractivity contribution is -0.125. The maximum absolute atomic E-state index is 12.6. The van der Waals surface area contributed by atoms with E-state index in [-0.39, 0.29) is 11.9 Å². The number of rotatable bonds is 5. The molecule has 1 aromatic carbocycles. The van der Waals surface area contributed by atoms with Crippen molar-refractivity contribution in [2.75, 3.05) is 5.32 Å². The number of carbonyl (C=O) groups excluding carboxylic acids is 1. The summed E-state index contributed by atoms with van der Waals surface area (Å²) in [6.45, 7) is 7.89. The number of amides is 1. The highest BCUT2D eigenvalue weighted by Crippen LogP contribution is 2.39. The van der Waals surface area contributed by atoms with Crippen molar-refractivity contribution in [1.29, 1.82) is 0 Å². The summed E-state index contributed by atoms with van der Waals surface area (Å²) in [7, 11) is 0. The standard InChI is InChI=1S/C19H26N4O/c1-12-13(2)23(11-21-12)16-9-7-15(8-10-16)22-18(24)19(3,4)17(20)14-5-6-14/h7-11,14,17H,5-6,20H2,1-4H3,(H,22,24). The normalized spacial score (nSPS) is 16.0. The fraction of sp³-hybridized carbons (Fsp3) is 0.474. The molecule has 0 aliphatic heterocycles. The first-order chi connectivity index (χ1) is 11.3. The molecule has 5 heteroatoms. The Labute approximate surface area is 143 Å². The summed E-state index contributed by atoms with van der Waals surface area (Å²) in [5, 5.41) is 3.00. The minimum atomic E-state index is -0.572. The van der Waals surface area contributed by atoms with Crippen LogP contribution in [0.1, 0.15) is 38.1 Å². The van der Waals surface area contributed by atoms with Crippen LogP contribution in [0.2, 0.25) is 0 Å². The van der Waals surface area contributed by atoms with Crippen molar-refractivity contribution in [3.63, 3.8) is 0 Å². The molecule has 3 rings (SSSR count). The first-order valence-corrected chi connectivity index (χ1v) is 8.48. The zero-order valence-corrected chi connectivity index (χ0v) is 14.8. The molecule has 1 atom stereocenters. The smallest absolute Gasteiger partial charge is 0.231 e. The number of nitrogens with two attached hydrogens (primary N) is 1. The van der Waals surface area contributed by atoms with Crippen molar-refractivity contribution < 1.29 is 4.79 Å². The Balaban J connectivity index is 1.72. The van der Waals surface area contributed by atoms with Gasteiger partial charge in [0.2, 0.25) is 5.91 Å². The lowest BCUT2D eigenvalue weighted by Gasteiger charge is -2.30. The number of nitrogens with one attached hydrogen (secondary N) is 1. The number of benzene rings is 1. The summed E-state index contributed by atoms with van der Waals surface area (Å²) in [5.74, 6) is 0.463. The topological polar surface area (TPSA) is 72.9 Å². The van der Waals surface area contributed by atoms with Crippen LogP contribution in [0.4, 0.5) is 5.69 Å². The minimum absolute atomic E-state index is 0.0238. The molecule has 1 amide bonds. The van der Waals surface area contributed by atoms with Gasteiger partial charge in [0.25, 0.3) is 0 Å². The Morgan fingerprint density at radius 3 is 2.42 bits per heavy atom. The summed E-state index contributed by atoms with van der Waals surface area (Å²) < 4.78 is 2.04. The van der Waals surface area contributed by atoms with Gasteiger partial charge in [-0.15, -0.1) is 0 Å². The molecule has 0 saturated heterocycles. The molecule has 24 heavy (non-hydrogen) atoms. The fourth-order valence-electron chi connectivity index (χ4n) is 2.95. The van der Waals surface area contributed by atoms with Gasteiger partial charge in [0.15, 0.2) is 0 Å². The molecule has 0 radical (unpaired) electrons. The van der Waals surface area contributed by atoms with Crippen molar-refractivity contribution in [3.05, 3.63) is 42.0 Å². The van der Waals surface area contributed by atoms with Crippen LogP contribution in [0.5, 0.6) is 0 Å². The molecular formula is C19H26N4O. The van der Waals surface area contributed by atoms with Crippen LogP contribution in [0.15, 0.2) is 30.6 Å². The summed E-state index contributed by atoms with van der Waals surface area (Å²) >= 11 is 0. The number of nitrogens with zero attached hydrogens (tertiary/aromatic N) is 2. The number of carbonyl (C=O) groups is 1. The van der Waals surface area contributed by atoms with E-state index >= 15 is 0 Å². The fourth-order valence-corrected chi connectivity index (χ4v) is 2.95. The minimum Gasteiger partial charge on any atom is -0.326 e. The second-order valence-corrected chi connectivity index (χ2v) is 7.37. The van der Waals surface area contributed by atoms with E-state index in [4.69, 9.17) is 5.73 Å². The van der Waals surface area contributed by atoms with Gasteiger partial charge in [-0.25, -0.2) is 4.98 Å². The van der Waals surface area contributed by atoms with E-state index in [1.165, 1.54) is 0 Å². The van der Waals surface area contributed by atoms with E-state index in [2.05, 4.69) is 10.3 Å². The number of aryl methyl sites for hydroxylation is 1. The van der Waals surface area contributed by atoms with Crippen molar-refractivity contribution in [1.82, 2.24) is 9.55 Å². The summed E-state index contributed by atoms with van der Waals surface area (Å²) in [4.78, 5) is 16.9. The van der Waals surface area contributed by atoms with Crippen LogP contribution in [0.25, 0.3) is 5.69 Å². The van der Waals surface area contributed by atoms with Crippen LogP contribution in [0, 0.1) is 25.2 Å². The van der Waals surface area contributed by atoms with E-state index in [0.717, 1.165) is 35.6 Å². The molecule has 1 fully saturated rings. The number of imidazole rings is 1. The number of hydrogen-bond acceptors (Lipinski definition) is 3. The zero-order chi connectivity index (χ0) is 17.5. The number of hydrogen-bond donors (Lipinski definition) is 2. The van der Waals surface area contributed by atoms with Gasteiger partial charge >= 0.3 is 0 Å². The molecular weight excluding hydrogens is 300 g/mol. The van der Waals surface area contributed by atoms with Crippen LogP contribution in [-0.2, 0) is 4.79 Å². The van der Waals surface area contributed by atoms with E-state index in [1.807, 2.05) is 62.9 Å². The van der Waals surface area contributed by atoms with Crippen molar-refractivity contribution in [2.24, 2.45) is 17.1 Å². The van der Waals surface area contributed by atoms with Gasteiger partial charge in [-0.2, -0.15) is 0 Å². The van der Waals surface area contributed by atoms with Gasteiger partial charge in [0, 0.05) is 23.1 Å². The molecule has 1 aromatic heterocycles. The first-order valence-electron chi connectivity index (χ1n) is 8.48. The summed E-state index contributed by atoms with van der Waals surface area (Å²) in [6, 6.07) is 7.71. The maximum atomic E-state index is 12.6. The van der Waals surface area contributed by atoms with Gasteiger partial charge in [-0.3, -0.25) is 4.79 Å². The lowest BCUT2D eigenvalue weighted by atomic mass is 9.81. The number of aromatic nitrogens is 2. The van der Waals surface area contributed by atoms with Gasteiger partial charge in [0.1, 0.15) is 0 Å². The van der Waals surface area contributed by atoms with Crippen LogP contribution >= 0.6 is 0 Å². The molecule has 0 bridgehead atoms. The highest BCUT2D eigenvalue weighted by atomic mass is 16.2. The maximum Gasteiger partial charge on any atom is 0.231 e. The van der Waals surface area contributed by atoms with Gasteiger partial charge < -0.3 is 15.6 Å². The summed E-state index contributed by atoms with van der Waals surface area (Å²) in [5.41, 5.74) is 9.63. The van der Waals surface area contributed by atoms with Crippen molar-refractivity contribution in [2.45, 2.75) is 46.6 Å². The quantitative estimate of drug-likeness (QED) is 0.886. The third kappa shape index (κ3) is 3.08. The zero-order valence-electron chi connectivity index (χ0n) is 14.8. The molecule has 2 aromatic rings. The Morgan fingerprint density at radius 2 is 1.92 bits per heavy atom. The second kappa shape index (κ2) is 6.06. The molecule has 5 nitrogen and oxygen atoms in total. The Kier molecular flexibility index (Phi) is 4.22. The van der Waals surface area contributed by atoms with Gasteiger partial charge in [-0.05, 0) is 70.7 Å². The van der Waals surface area contributed by atoms with Crippen LogP contribution in [-0.4, -0.2) is 21.5 Å². The second-order valence-electron chi connectivity index (χ2n) is 7.37. The monoisotopic (exact) mass is 326 g/mol. The third-order valence-electron chi connectivity index (χ3n) is 5.20. The SMILES string of the molecule is Cc1ncn(-c2ccc(NC(=O)C(C)(C)C(N)C3CC3)cc2)c1C. The average Bonchev–Trinajstić information content (AvgIpc) is 3.35. The largest absolute Gasteiger partial charge is 0.326 e. The molecule has 0 spiro atoms. The molecule has 1 unspecified atom stereocenters. The van der Waals surface area contributed by atoms with Crippen molar-refractivity contribution in [3.8, 4) is 5.69 Å². The van der Waals surface area contributed by atoms with E-state index < -0.39 is 5.41 Å². The Morgan fingerprint density at radius 1 is 1.29 bits per heavy atom. The van der Waals surface area contributed by atoms with Crippen LogP contribution in [0.3, 0.4) is 0 Å². The lowest BCUT2D eigenvalue weighted by Crippen LogP contribution is -2.47. The first kappa shape index (κ1) is 16.7. The summed E-state index contributed by atoms with van der Waals surface area (Å²) in [6.07, 6.45) is 4.09. The Hall–Kier alpha value is -2.14. The molecule has 3 N–H and O–H groups in total. The molecule has 128 valence electrons.